The van der Waals surface area contributed by atoms with Gasteiger partial charge in [-0.15, -0.1) is 0 Å². The van der Waals surface area contributed by atoms with Crippen molar-refractivity contribution in [1.29, 1.82) is 0 Å². The number of benzene rings is 1. The lowest BCUT2D eigenvalue weighted by Crippen LogP contribution is -2.24. The molecule has 0 aliphatic carbocycles. The summed E-state index contributed by atoms with van der Waals surface area (Å²) in [5.41, 5.74) is 1.58. The highest BCUT2D eigenvalue weighted by Crippen LogP contribution is 2.12. The SMILES string of the molecule is CCCCCCNC(=O)c1ccc2cn[nH]c2c1. The van der Waals surface area contributed by atoms with Crippen LogP contribution in [-0.2, 0) is 0 Å². The average molecular weight is 245 g/mol. The number of nitrogens with zero attached hydrogens (tertiary/aromatic N) is 1. The summed E-state index contributed by atoms with van der Waals surface area (Å²) in [4.78, 5) is 11.9. The number of rotatable bonds is 6. The van der Waals surface area contributed by atoms with Crippen molar-refractivity contribution in [3.8, 4) is 0 Å². The van der Waals surface area contributed by atoms with E-state index < -0.39 is 0 Å². The van der Waals surface area contributed by atoms with E-state index >= 15 is 0 Å². The van der Waals surface area contributed by atoms with Crippen LogP contribution in [0.5, 0.6) is 0 Å². The molecule has 0 spiro atoms. The fourth-order valence-electron chi connectivity index (χ4n) is 1.93. The highest BCUT2D eigenvalue weighted by molar-refractivity contribution is 5.97. The van der Waals surface area contributed by atoms with Gasteiger partial charge in [-0.25, -0.2) is 0 Å². The minimum atomic E-state index is -0.0111. The van der Waals surface area contributed by atoms with Gasteiger partial charge in [0.1, 0.15) is 0 Å². The summed E-state index contributed by atoms with van der Waals surface area (Å²) in [5, 5.41) is 10.8. The van der Waals surface area contributed by atoms with E-state index in [-0.39, 0.29) is 5.91 Å². The van der Waals surface area contributed by atoms with Crippen LogP contribution in [0.4, 0.5) is 0 Å². The van der Waals surface area contributed by atoms with Crippen LogP contribution in [0, 0.1) is 0 Å². The standard InChI is InChI=1S/C14H19N3O/c1-2-3-4-5-8-15-14(18)11-6-7-12-10-16-17-13(12)9-11/h6-7,9-10H,2-5,8H2,1H3,(H,15,18)(H,16,17). The highest BCUT2D eigenvalue weighted by atomic mass is 16.1. The number of carbonyl (C=O) groups excluding carboxylic acids is 1. The van der Waals surface area contributed by atoms with Crippen molar-refractivity contribution in [2.75, 3.05) is 6.54 Å². The Morgan fingerprint density at radius 3 is 3.06 bits per heavy atom. The Labute approximate surface area is 107 Å². The van der Waals surface area contributed by atoms with E-state index in [0.717, 1.165) is 23.9 Å². The number of carbonyl (C=O) groups is 1. The number of hydrogen-bond acceptors (Lipinski definition) is 2. The Hall–Kier alpha value is -1.84. The number of unbranched alkanes of at least 4 members (excludes halogenated alkanes) is 3. The van der Waals surface area contributed by atoms with Gasteiger partial charge in [-0.05, 0) is 18.6 Å². The third-order valence-electron chi connectivity index (χ3n) is 3.02. The van der Waals surface area contributed by atoms with Crippen molar-refractivity contribution in [2.24, 2.45) is 0 Å². The summed E-state index contributed by atoms with van der Waals surface area (Å²) in [5.74, 6) is -0.0111. The van der Waals surface area contributed by atoms with E-state index in [2.05, 4.69) is 22.4 Å². The van der Waals surface area contributed by atoms with Crippen LogP contribution in [0.1, 0.15) is 43.0 Å². The molecule has 0 radical (unpaired) electrons. The van der Waals surface area contributed by atoms with Gasteiger partial charge in [0.05, 0.1) is 11.7 Å². The number of aromatic amines is 1. The number of H-pyrrole nitrogens is 1. The Morgan fingerprint density at radius 1 is 1.33 bits per heavy atom. The molecule has 0 bridgehead atoms. The smallest absolute Gasteiger partial charge is 0.251 e. The Bertz CT molecular complexity index is 518. The third-order valence-corrected chi connectivity index (χ3v) is 3.02. The van der Waals surface area contributed by atoms with Gasteiger partial charge in [-0.1, -0.05) is 32.3 Å². The normalized spacial score (nSPS) is 10.7. The number of hydrogen-bond donors (Lipinski definition) is 2. The summed E-state index contributed by atoms with van der Waals surface area (Å²) in [6, 6.07) is 5.58. The molecule has 2 aromatic rings. The molecule has 96 valence electrons. The van der Waals surface area contributed by atoms with E-state index in [1.807, 2.05) is 18.2 Å². The van der Waals surface area contributed by atoms with Crippen LogP contribution in [0.15, 0.2) is 24.4 Å². The molecule has 1 aromatic heterocycles. The second-order valence-corrected chi connectivity index (χ2v) is 4.49. The van der Waals surface area contributed by atoms with Gasteiger partial charge in [0.15, 0.2) is 0 Å². The monoisotopic (exact) mass is 245 g/mol. The summed E-state index contributed by atoms with van der Waals surface area (Å²) < 4.78 is 0. The van der Waals surface area contributed by atoms with Crippen molar-refractivity contribution >= 4 is 16.8 Å². The second-order valence-electron chi connectivity index (χ2n) is 4.49. The molecule has 0 saturated carbocycles. The molecular formula is C14H19N3O. The maximum Gasteiger partial charge on any atom is 0.251 e. The molecule has 0 atom stereocenters. The van der Waals surface area contributed by atoms with Crippen LogP contribution < -0.4 is 5.32 Å². The van der Waals surface area contributed by atoms with Crippen LogP contribution in [0.3, 0.4) is 0 Å². The third kappa shape index (κ3) is 3.09. The molecule has 0 aliphatic heterocycles. The predicted molar refractivity (Wildman–Crippen MR) is 72.6 cm³/mol. The van der Waals surface area contributed by atoms with E-state index in [9.17, 15) is 4.79 Å². The van der Waals surface area contributed by atoms with Gasteiger partial charge in [0.2, 0.25) is 0 Å². The van der Waals surface area contributed by atoms with E-state index in [1.165, 1.54) is 19.3 Å². The molecule has 1 heterocycles. The molecule has 2 N–H and O–H groups in total. The summed E-state index contributed by atoms with van der Waals surface area (Å²) in [6.07, 6.45) is 6.42. The van der Waals surface area contributed by atoms with E-state index in [0.29, 0.717) is 5.56 Å². The Balaban J connectivity index is 1.88. The minimum absolute atomic E-state index is 0.0111. The Morgan fingerprint density at radius 2 is 2.22 bits per heavy atom. The van der Waals surface area contributed by atoms with Crippen molar-refractivity contribution in [3.63, 3.8) is 0 Å². The summed E-state index contributed by atoms with van der Waals surface area (Å²) in [7, 11) is 0. The summed E-state index contributed by atoms with van der Waals surface area (Å²) in [6.45, 7) is 2.93. The second kappa shape index (κ2) is 6.19. The molecular weight excluding hydrogens is 226 g/mol. The maximum absolute atomic E-state index is 11.9. The lowest BCUT2D eigenvalue weighted by Gasteiger charge is -2.05. The first kappa shape index (κ1) is 12.6. The lowest BCUT2D eigenvalue weighted by molar-refractivity contribution is 0.0953. The summed E-state index contributed by atoms with van der Waals surface area (Å²) >= 11 is 0. The average Bonchev–Trinajstić information content (AvgIpc) is 2.85. The molecule has 0 saturated heterocycles. The van der Waals surface area contributed by atoms with Crippen molar-refractivity contribution in [3.05, 3.63) is 30.0 Å². The number of nitrogens with one attached hydrogen (secondary N) is 2. The minimum Gasteiger partial charge on any atom is -0.352 e. The zero-order chi connectivity index (χ0) is 12.8. The van der Waals surface area contributed by atoms with Gasteiger partial charge in [0, 0.05) is 17.5 Å². The van der Waals surface area contributed by atoms with Gasteiger partial charge in [-0.3, -0.25) is 9.89 Å². The van der Waals surface area contributed by atoms with Gasteiger partial charge in [0.25, 0.3) is 5.91 Å². The topological polar surface area (TPSA) is 57.8 Å². The first-order valence-corrected chi connectivity index (χ1v) is 6.52. The fourth-order valence-corrected chi connectivity index (χ4v) is 1.93. The molecule has 0 unspecified atom stereocenters. The zero-order valence-corrected chi connectivity index (χ0v) is 10.7. The van der Waals surface area contributed by atoms with Crippen molar-refractivity contribution < 1.29 is 4.79 Å². The largest absolute Gasteiger partial charge is 0.352 e. The number of amides is 1. The van der Waals surface area contributed by atoms with E-state index in [1.54, 1.807) is 6.20 Å². The lowest BCUT2D eigenvalue weighted by atomic mass is 10.1. The molecule has 0 fully saturated rings. The Kier molecular flexibility index (Phi) is 4.34. The first-order chi connectivity index (χ1) is 8.81. The fraction of sp³-hybridized carbons (Fsp3) is 0.429. The predicted octanol–water partition coefficient (Wildman–Crippen LogP) is 2.87. The molecule has 2 rings (SSSR count). The number of fused-ring (bicyclic) bond motifs is 1. The zero-order valence-electron chi connectivity index (χ0n) is 10.7. The van der Waals surface area contributed by atoms with Gasteiger partial charge < -0.3 is 5.32 Å². The molecule has 0 aliphatic rings. The quantitative estimate of drug-likeness (QED) is 0.769. The van der Waals surface area contributed by atoms with Gasteiger partial charge >= 0.3 is 0 Å². The van der Waals surface area contributed by atoms with E-state index in [4.69, 9.17) is 0 Å². The van der Waals surface area contributed by atoms with Crippen LogP contribution in [-0.4, -0.2) is 22.6 Å². The van der Waals surface area contributed by atoms with Gasteiger partial charge in [-0.2, -0.15) is 5.10 Å². The molecule has 4 heteroatoms. The maximum atomic E-state index is 11.9. The molecule has 18 heavy (non-hydrogen) atoms. The van der Waals surface area contributed by atoms with Crippen molar-refractivity contribution in [2.45, 2.75) is 32.6 Å². The van der Waals surface area contributed by atoms with Crippen LogP contribution in [0.2, 0.25) is 0 Å². The molecule has 1 amide bonds. The van der Waals surface area contributed by atoms with Crippen LogP contribution in [0.25, 0.3) is 10.9 Å². The first-order valence-electron chi connectivity index (χ1n) is 6.52. The van der Waals surface area contributed by atoms with Crippen LogP contribution >= 0.6 is 0 Å². The highest BCUT2D eigenvalue weighted by Gasteiger charge is 2.06. The van der Waals surface area contributed by atoms with Crippen molar-refractivity contribution in [1.82, 2.24) is 15.5 Å². The molecule has 4 nitrogen and oxygen atoms in total. The number of aromatic nitrogens is 2. The molecule has 1 aromatic carbocycles.